The Morgan fingerprint density at radius 2 is 2.05 bits per heavy atom. The van der Waals surface area contributed by atoms with Gasteiger partial charge < -0.3 is 5.11 Å². The van der Waals surface area contributed by atoms with Crippen molar-refractivity contribution in [3.05, 3.63) is 41.2 Å². The van der Waals surface area contributed by atoms with Gasteiger partial charge in [-0.15, -0.1) is 5.10 Å². The smallest absolute Gasteiger partial charge is 0.335 e. The fourth-order valence-corrected chi connectivity index (χ4v) is 2.21. The van der Waals surface area contributed by atoms with Crippen LogP contribution in [0, 0.1) is 0 Å². The summed E-state index contributed by atoms with van der Waals surface area (Å²) >= 11 is 0. The average Bonchev–Trinajstić information content (AvgIpc) is 2.76. The number of nitrogens with zero attached hydrogens (tertiary/aromatic N) is 4. The lowest BCUT2D eigenvalue weighted by Gasteiger charge is -2.23. The lowest BCUT2D eigenvalue weighted by atomic mass is 9.85. The molecule has 19 heavy (non-hydrogen) atoms. The molecule has 2 aromatic rings. The van der Waals surface area contributed by atoms with E-state index in [1.54, 1.807) is 28.9 Å². The van der Waals surface area contributed by atoms with Crippen molar-refractivity contribution in [1.82, 2.24) is 20.2 Å². The molecule has 6 nitrogen and oxygen atoms in total. The third-order valence-corrected chi connectivity index (χ3v) is 3.56. The third kappa shape index (κ3) is 2.33. The number of rotatable bonds is 4. The van der Waals surface area contributed by atoms with Gasteiger partial charge in [-0.1, -0.05) is 18.6 Å². The van der Waals surface area contributed by atoms with E-state index in [0.717, 1.165) is 24.2 Å². The monoisotopic (exact) mass is 258 g/mol. The van der Waals surface area contributed by atoms with Gasteiger partial charge in [0.15, 0.2) is 5.82 Å². The third-order valence-electron chi connectivity index (χ3n) is 3.56. The van der Waals surface area contributed by atoms with E-state index in [4.69, 9.17) is 5.11 Å². The van der Waals surface area contributed by atoms with E-state index in [-0.39, 0.29) is 0 Å². The van der Waals surface area contributed by atoms with E-state index in [1.165, 1.54) is 6.42 Å². The molecule has 0 unspecified atom stereocenters. The first kappa shape index (κ1) is 11.8. The Morgan fingerprint density at radius 3 is 2.63 bits per heavy atom. The Morgan fingerprint density at radius 1 is 1.32 bits per heavy atom. The molecule has 1 aromatic heterocycles. The molecule has 3 rings (SSSR count). The Hall–Kier alpha value is -2.24. The molecule has 0 spiro atoms. The van der Waals surface area contributed by atoms with Gasteiger partial charge in [0.25, 0.3) is 0 Å². The molecule has 1 aromatic carbocycles. The number of carbonyl (C=O) groups is 1. The van der Waals surface area contributed by atoms with Crippen LogP contribution in [0.5, 0.6) is 0 Å². The molecule has 98 valence electrons. The maximum atomic E-state index is 10.8. The van der Waals surface area contributed by atoms with Crippen LogP contribution in [-0.4, -0.2) is 31.3 Å². The number of hydrogen-bond acceptors (Lipinski definition) is 4. The van der Waals surface area contributed by atoms with Crippen LogP contribution in [0.2, 0.25) is 0 Å². The lowest BCUT2D eigenvalue weighted by Crippen LogP contribution is -2.16. The van der Waals surface area contributed by atoms with Gasteiger partial charge in [0.05, 0.1) is 12.1 Å². The predicted octanol–water partition coefficient (Wildman–Crippen LogP) is 1.69. The molecule has 0 saturated heterocycles. The molecule has 1 saturated carbocycles. The molecule has 0 atom stereocenters. The van der Waals surface area contributed by atoms with Gasteiger partial charge in [-0.25, -0.2) is 9.48 Å². The van der Waals surface area contributed by atoms with E-state index in [9.17, 15) is 4.79 Å². The molecular formula is C13H14N4O2. The number of carboxylic acid groups (broad SMARTS) is 1. The summed E-state index contributed by atoms with van der Waals surface area (Å²) in [7, 11) is 0. The Kier molecular flexibility index (Phi) is 2.98. The fraction of sp³-hybridized carbons (Fsp3) is 0.385. The zero-order valence-corrected chi connectivity index (χ0v) is 10.4. The number of tetrazole rings is 1. The second-order valence-electron chi connectivity index (χ2n) is 4.82. The van der Waals surface area contributed by atoms with Crippen molar-refractivity contribution in [2.24, 2.45) is 0 Å². The van der Waals surface area contributed by atoms with Crippen LogP contribution in [0.1, 0.15) is 46.9 Å². The molecule has 1 heterocycles. The second-order valence-corrected chi connectivity index (χ2v) is 4.82. The molecule has 1 aliphatic rings. The molecule has 0 radical (unpaired) electrons. The van der Waals surface area contributed by atoms with Crippen LogP contribution in [0.3, 0.4) is 0 Å². The maximum Gasteiger partial charge on any atom is 0.335 e. The molecule has 0 bridgehead atoms. The number of hydrogen-bond donors (Lipinski definition) is 1. The van der Waals surface area contributed by atoms with Crippen LogP contribution in [0.25, 0.3) is 0 Å². The molecule has 0 aliphatic heterocycles. The topological polar surface area (TPSA) is 80.9 Å². The van der Waals surface area contributed by atoms with Crippen LogP contribution < -0.4 is 0 Å². The number of benzene rings is 1. The summed E-state index contributed by atoms with van der Waals surface area (Å²) in [4.78, 5) is 10.8. The van der Waals surface area contributed by atoms with Crippen molar-refractivity contribution in [2.75, 3.05) is 0 Å². The van der Waals surface area contributed by atoms with E-state index >= 15 is 0 Å². The highest BCUT2D eigenvalue weighted by Gasteiger charge is 2.25. The quantitative estimate of drug-likeness (QED) is 0.902. The minimum atomic E-state index is -0.913. The summed E-state index contributed by atoms with van der Waals surface area (Å²) in [5.74, 6) is 0.506. The largest absolute Gasteiger partial charge is 0.478 e. The second kappa shape index (κ2) is 4.79. The Labute approximate surface area is 110 Å². The summed E-state index contributed by atoms with van der Waals surface area (Å²) in [5, 5.41) is 20.7. The van der Waals surface area contributed by atoms with Gasteiger partial charge in [0.1, 0.15) is 0 Å². The van der Waals surface area contributed by atoms with Gasteiger partial charge in [0.2, 0.25) is 0 Å². The van der Waals surface area contributed by atoms with Crippen LogP contribution in [0.15, 0.2) is 24.3 Å². The SMILES string of the molecule is O=C(O)c1ccc(Cn2nnnc2C2CCC2)cc1. The number of aromatic nitrogens is 4. The van der Waals surface area contributed by atoms with Crippen molar-refractivity contribution in [2.45, 2.75) is 31.7 Å². The van der Waals surface area contributed by atoms with Crippen molar-refractivity contribution in [3.8, 4) is 0 Å². The van der Waals surface area contributed by atoms with E-state index in [2.05, 4.69) is 15.5 Å². The van der Waals surface area contributed by atoms with Gasteiger partial charge in [-0.2, -0.15) is 0 Å². The first-order valence-corrected chi connectivity index (χ1v) is 6.32. The van der Waals surface area contributed by atoms with E-state index in [1.807, 2.05) is 0 Å². The van der Waals surface area contributed by atoms with Gasteiger partial charge >= 0.3 is 5.97 Å². The first-order valence-electron chi connectivity index (χ1n) is 6.32. The lowest BCUT2D eigenvalue weighted by molar-refractivity contribution is 0.0697. The van der Waals surface area contributed by atoms with Crippen molar-refractivity contribution < 1.29 is 9.90 Å². The zero-order chi connectivity index (χ0) is 13.2. The van der Waals surface area contributed by atoms with E-state index in [0.29, 0.717) is 18.0 Å². The Balaban J connectivity index is 1.77. The van der Waals surface area contributed by atoms with Gasteiger partial charge in [0, 0.05) is 5.92 Å². The molecule has 1 aliphatic carbocycles. The van der Waals surface area contributed by atoms with Crippen molar-refractivity contribution in [1.29, 1.82) is 0 Å². The summed E-state index contributed by atoms with van der Waals surface area (Å²) in [6, 6.07) is 6.81. The summed E-state index contributed by atoms with van der Waals surface area (Å²) in [6.45, 7) is 0.582. The average molecular weight is 258 g/mol. The predicted molar refractivity (Wildman–Crippen MR) is 66.9 cm³/mol. The van der Waals surface area contributed by atoms with Crippen LogP contribution >= 0.6 is 0 Å². The molecule has 6 heteroatoms. The fourth-order valence-electron chi connectivity index (χ4n) is 2.21. The zero-order valence-electron chi connectivity index (χ0n) is 10.4. The highest BCUT2D eigenvalue weighted by atomic mass is 16.4. The maximum absolute atomic E-state index is 10.8. The summed E-state index contributed by atoms with van der Waals surface area (Å²) < 4.78 is 1.81. The summed E-state index contributed by atoms with van der Waals surface area (Å²) in [6.07, 6.45) is 3.54. The first-order chi connectivity index (χ1) is 9.24. The molecule has 1 N–H and O–H groups in total. The molecular weight excluding hydrogens is 244 g/mol. The standard InChI is InChI=1S/C13H14N4O2/c18-13(19)11-6-4-9(5-7-11)8-17-12(14-15-16-17)10-2-1-3-10/h4-7,10H,1-3,8H2,(H,18,19). The van der Waals surface area contributed by atoms with Crippen molar-refractivity contribution in [3.63, 3.8) is 0 Å². The molecule has 0 amide bonds. The highest BCUT2D eigenvalue weighted by Crippen LogP contribution is 2.34. The Bertz CT molecular complexity index is 587. The number of aromatic carboxylic acids is 1. The minimum absolute atomic E-state index is 0.291. The highest BCUT2D eigenvalue weighted by molar-refractivity contribution is 5.87. The van der Waals surface area contributed by atoms with E-state index < -0.39 is 5.97 Å². The summed E-state index contributed by atoms with van der Waals surface area (Å²) in [5.41, 5.74) is 1.29. The number of carboxylic acids is 1. The van der Waals surface area contributed by atoms with Gasteiger partial charge in [-0.05, 0) is 41.0 Å². The van der Waals surface area contributed by atoms with Crippen molar-refractivity contribution >= 4 is 5.97 Å². The van der Waals surface area contributed by atoms with Gasteiger partial charge in [-0.3, -0.25) is 0 Å². The minimum Gasteiger partial charge on any atom is -0.478 e. The molecule has 1 fully saturated rings. The normalized spacial score (nSPS) is 15.2. The van der Waals surface area contributed by atoms with Crippen LogP contribution in [-0.2, 0) is 6.54 Å². The van der Waals surface area contributed by atoms with Crippen LogP contribution in [0.4, 0.5) is 0 Å².